The molecule has 2 heterocycles. The third-order valence-corrected chi connectivity index (χ3v) is 3.56. The zero-order valence-electron chi connectivity index (χ0n) is 12.1. The van der Waals surface area contributed by atoms with E-state index in [0.29, 0.717) is 11.4 Å². The lowest BCUT2D eigenvalue weighted by Crippen LogP contribution is -2.14. The summed E-state index contributed by atoms with van der Waals surface area (Å²) in [5.41, 5.74) is 0.248. The van der Waals surface area contributed by atoms with Gasteiger partial charge in [-0.05, 0) is 18.2 Å². The van der Waals surface area contributed by atoms with E-state index in [2.05, 4.69) is 10.3 Å². The van der Waals surface area contributed by atoms with E-state index in [-0.39, 0.29) is 23.0 Å². The molecule has 0 bridgehead atoms. The van der Waals surface area contributed by atoms with Gasteiger partial charge in [0.15, 0.2) is 5.65 Å². The maximum absolute atomic E-state index is 12.8. The van der Waals surface area contributed by atoms with E-state index in [1.807, 2.05) is 6.07 Å². The highest BCUT2D eigenvalue weighted by Crippen LogP contribution is 2.32. The Morgan fingerprint density at radius 1 is 1.21 bits per heavy atom. The lowest BCUT2D eigenvalue weighted by Gasteiger charge is -2.07. The number of fused-ring (bicyclic) bond motifs is 1. The van der Waals surface area contributed by atoms with E-state index in [4.69, 9.17) is 11.6 Å². The van der Waals surface area contributed by atoms with Crippen molar-refractivity contribution in [3.63, 3.8) is 0 Å². The summed E-state index contributed by atoms with van der Waals surface area (Å²) in [4.78, 5) is 16.1. The summed E-state index contributed by atoms with van der Waals surface area (Å²) in [6, 6.07) is 9.65. The molecule has 0 aliphatic carbocycles. The van der Waals surface area contributed by atoms with Gasteiger partial charge in [-0.15, -0.1) is 0 Å². The molecule has 3 aromatic rings. The van der Waals surface area contributed by atoms with Gasteiger partial charge in [-0.1, -0.05) is 29.8 Å². The summed E-state index contributed by atoms with van der Waals surface area (Å²) in [6.45, 7) is 0. The second-order valence-corrected chi connectivity index (χ2v) is 5.54. The minimum absolute atomic E-state index is 0.0751. The minimum Gasteiger partial charge on any atom is -0.326 e. The summed E-state index contributed by atoms with van der Waals surface area (Å²) in [7, 11) is 0. The highest BCUT2D eigenvalue weighted by molar-refractivity contribution is 6.33. The average molecular weight is 354 g/mol. The van der Waals surface area contributed by atoms with Crippen LogP contribution in [0, 0.1) is 0 Å². The molecule has 0 aliphatic heterocycles. The Bertz CT molecular complexity index is 891. The molecule has 2 aromatic heterocycles. The number of aromatic nitrogens is 2. The van der Waals surface area contributed by atoms with Crippen LogP contribution >= 0.6 is 11.6 Å². The molecule has 0 aliphatic rings. The molecule has 4 nitrogen and oxygen atoms in total. The van der Waals surface area contributed by atoms with Gasteiger partial charge in [0.05, 0.1) is 22.7 Å². The number of benzene rings is 1. The van der Waals surface area contributed by atoms with E-state index >= 15 is 0 Å². The second kappa shape index (κ2) is 6.16. The number of halogens is 4. The van der Waals surface area contributed by atoms with Crippen molar-refractivity contribution in [1.82, 2.24) is 9.38 Å². The van der Waals surface area contributed by atoms with Crippen molar-refractivity contribution in [3.05, 3.63) is 65.1 Å². The monoisotopic (exact) mass is 353 g/mol. The third kappa shape index (κ3) is 3.51. The van der Waals surface area contributed by atoms with Crippen LogP contribution in [-0.4, -0.2) is 15.3 Å². The molecule has 1 aromatic carbocycles. The first-order valence-corrected chi connectivity index (χ1v) is 7.30. The number of anilines is 1. The number of hydrogen-bond donors (Lipinski definition) is 1. The molecule has 0 spiro atoms. The molecule has 124 valence electrons. The normalized spacial score (nSPS) is 11.7. The Kier molecular flexibility index (Phi) is 4.19. The third-order valence-electron chi connectivity index (χ3n) is 3.28. The van der Waals surface area contributed by atoms with Gasteiger partial charge in [-0.25, -0.2) is 4.98 Å². The molecule has 3 rings (SSSR count). The van der Waals surface area contributed by atoms with Gasteiger partial charge >= 0.3 is 6.18 Å². The predicted molar refractivity (Wildman–Crippen MR) is 84.0 cm³/mol. The van der Waals surface area contributed by atoms with E-state index < -0.39 is 11.7 Å². The summed E-state index contributed by atoms with van der Waals surface area (Å²) >= 11 is 5.86. The van der Waals surface area contributed by atoms with Gasteiger partial charge < -0.3 is 9.72 Å². The molecule has 0 atom stereocenters. The highest BCUT2D eigenvalue weighted by atomic mass is 35.5. The Hall–Kier alpha value is -2.54. The van der Waals surface area contributed by atoms with Gasteiger partial charge in [-0.2, -0.15) is 13.2 Å². The Labute approximate surface area is 139 Å². The number of imidazole rings is 1. The first-order chi connectivity index (χ1) is 11.3. The van der Waals surface area contributed by atoms with Gasteiger partial charge in [0.25, 0.3) is 0 Å². The van der Waals surface area contributed by atoms with Crippen molar-refractivity contribution in [3.8, 4) is 0 Å². The quantitative estimate of drug-likeness (QED) is 0.767. The lowest BCUT2D eigenvalue weighted by atomic mass is 10.3. The Balaban J connectivity index is 1.83. The van der Waals surface area contributed by atoms with E-state index in [1.165, 1.54) is 10.6 Å². The molecular weight excluding hydrogens is 343 g/mol. The molecule has 8 heteroatoms. The number of nitrogens with zero attached hydrogens (tertiary/aromatic N) is 2. The molecule has 1 amide bonds. The van der Waals surface area contributed by atoms with Gasteiger partial charge in [-0.3, -0.25) is 4.79 Å². The summed E-state index contributed by atoms with van der Waals surface area (Å²) in [5, 5.41) is 2.56. The fraction of sp³-hybridized carbons (Fsp3) is 0.125. The summed E-state index contributed by atoms with van der Waals surface area (Å²) in [5.74, 6) is -0.322. The molecule has 24 heavy (non-hydrogen) atoms. The number of pyridine rings is 1. The summed E-state index contributed by atoms with van der Waals surface area (Å²) < 4.78 is 39.6. The number of alkyl halides is 3. The zero-order valence-corrected chi connectivity index (χ0v) is 12.9. The first kappa shape index (κ1) is 16.3. The smallest absolute Gasteiger partial charge is 0.326 e. The largest absolute Gasteiger partial charge is 0.417 e. The van der Waals surface area contributed by atoms with E-state index in [0.717, 1.165) is 12.3 Å². The topological polar surface area (TPSA) is 46.4 Å². The second-order valence-electron chi connectivity index (χ2n) is 5.13. The van der Waals surface area contributed by atoms with Crippen LogP contribution in [0.2, 0.25) is 5.02 Å². The van der Waals surface area contributed by atoms with Gasteiger partial charge in [0, 0.05) is 18.1 Å². The number of hydrogen-bond acceptors (Lipinski definition) is 2. The zero-order chi connectivity index (χ0) is 17.3. The van der Waals surface area contributed by atoms with Crippen molar-refractivity contribution >= 4 is 28.8 Å². The van der Waals surface area contributed by atoms with Crippen molar-refractivity contribution in [2.24, 2.45) is 0 Å². The SMILES string of the molecule is O=C(Cc1cn2cc(C(F)(F)F)cc(Cl)c2n1)Nc1ccccc1. The number of para-hydroxylation sites is 1. The number of rotatable bonds is 3. The first-order valence-electron chi connectivity index (χ1n) is 6.92. The average Bonchev–Trinajstić information content (AvgIpc) is 2.90. The molecule has 1 N–H and O–H groups in total. The Morgan fingerprint density at radius 2 is 1.92 bits per heavy atom. The van der Waals surface area contributed by atoms with Crippen LogP contribution in [0.25, 0.3) is 5.65 Å². The number of nitrogens with one attached hydrogen (secondary N) is 1. The molecule has 0 saturated carbocycles. The maximum atomic E-state index is 12.8. The molecular formula is C16H11ClF3N3O. The maximum Gasteiger partial charge on any atom is 0.417 e. The predicted octanol–water partition coefficient (Wildman–Crippen LogP) is 4.19. The lowest BCUT2D eigenvalue weighted by molar-refractivity contribution is -0.137. The van der Waals surface area contributed by atoms with Crippen LogP contribution in [0.3, 0.4) is 0 Å². The summed E-state index contributed by atoms with van der Waals surface area (Å²) in [6.07, 6.45) is -2.32. The standard InChI is InChI=1S/C16H11ClF3N3O/c17-13-6-10(16(18,19)20)8-23-9-12(22-15(13)23)7-14(24)21-11-4-2-1-3-5-11/h1-6,8-9H,7H2,(H,21,24). The van der Waals surface area contributed by atoms with Gasteiger partial charge in [0.1, 0.15) is 0 Å². The van der Waals surface area contributed by atoms with Crippen molar-refractivity contribution < 1.29 is 18.0 Å². The fourth-order valence-electron chi connectivity index (χ4n) is 2.24. The fourth-order valence-corrected chi connectivity index (χ4v) is 2.50. The number of carbonyl (C=O) groups is 1. The molecule has 0 fully saturated rings. The van der Waals surface area contributed by atoms with Crippen molar-refractivity contribution in [2.75, 3.05) is 5.32 Å². The number of carbonyl (C=O) groups excluding carboxylic acids is 1. The molecule has 0 unspecified atom stereocenters. The van der Waals surface area contributed by atoms with Gasteiger partial charge in [0.2, 0.25) is 5.91 Å². The molecule has 0 saturated heterocycles. The van der Waals surface area contributed by atoms with Crippen LogP contribution in [0.4, 0.5) is 18.9 Å². The van der Waals surface area contributed by atoms with Crippen LogP contribution in [0.5, 0.6) is 0 Å². The van der Waals surface area contributed by atoms with E-state index in [1.54, 1.807) is 24.3 Å². The van der Waals surface area contributed by atoms with E-state index in [9.17, 15) is 18.0 Å². The number of amides is 1. The van der Waals surface area contributed by atoms with Crippen LogP contribution < -0.4 is 5.32 Å². The highest BCUT2D eigenvalue weighted by Gasteiger charge is 2.31. The van der Waals surface area contributed by atoms with Crippen LogP contribution in [-0.2, 0) is 17.4 Å². The molecule has 0 radical (unpaired) electrons. The van der Waals surface area contributed by atoms with Crippen LogP contribution in [0.1, 0.15) is 11.3 Å². The van der Waals surface area contributed by atoms with Crippen molar-refractivity contribution in [1.29, 1.82) is 0 Å². The minimum atomic E-state index is -4.51. The van der Waals surface area contributed by atoms with Crippen LogP contribution in [0.15, 0.2) is 48.8 Å². The Morgan fingerprint density at radius 3 is 2.58 bits per heavy atom. The van der Waals surface area contributed by atoms with Crippen molar-refractivity contribution in [2.45, 2.75) is 12.6 Å².